The second-order valence-electron chi connectivity index (χ2n) is 6.83. The summed E-state index contributed by atoms with van der Waals surface area (Å²) in [6.45, 7) is 4.12. The van der Waals surface area contributed by atoms with Crippen molar-refractivity contribution in [1.82, 2.24) is 9.97 Å². The van der Waals surface area contributed by atoms with Gasteiger partial charge in [0.25, 0.3) is 0 Å². The van der Waals surface area contributed by atoms with Crippen LogP contribution in [0.4, 0.5) is 28.7 Å². The molecule has 3 aromatic rings. The summed E-state index contributed by atoms with van der Waals surface area (Å²) in [6.07, 6.45) is 2.54. The fraction of sp³-hybridized carbons (Fsp3) is 0.227. The van der Waals surface area contributed by atoms with Gasteiger partial charge >= 0.3 is 0 Å². The predicted octanol–water partition coefficient (Wildman–Crippen LogP) is 4.74. The van der Waals surface area contributed by atoms with Gasteiger partial charge in [0.15, 0.2) is 0 Å². The summed E-state index contributed by atoms with van der Waals surface area (Å²) in [5.41, 5.74) is 3.54. The van der Waals surface area contributed by atoms with Crippen LogP contribution in [0.15, 0.2) is 54.6 Å². The van der Waals surface area contributed by atoms with Crippen LogP contribution in [0, 0.1) is 18.3 Å². The van der Waals surface area contributed by atoms with E-state index < -0.39 is 0 Å². The zero-order valence-electron chi connectivity index (χ0n) is 15.8. The van der Waals surface area contributed by atoms with Crippen LogP contribution in [0.2, 0.25) is 0 Å². The third-order valence-electron chi connectivity index (χ3n) is 4.76. The summed E-state index contributed by atoms with van der Waals surface area (Å²) >= 11 is 0. The van der Waals surface area contributed by atoms with Crippen LogP contribution < -0.4 is 15.5 Å². The molecule has 0 atom stereocenters. The van der Waals surface area contributed by atoms with Crippen molar-refractivity contribution in [3.63, 3.8) is 0 Å². The molecule has 2 N–H and O–H groups in total. The third kappa shape index (κ3) is 4.04. The van der Waals surface area contributed by atoms with Crippen molar-refractivity contribution in [2.75, 3.05) is 28.6 Å². The van der Waals surface area contributed by atoms with Crippen LogP contribution in [0.25, 0.3) is 0 Å². The molecule has 0 unspecified atom stereocenters. The van der Waals surface area contributed by atoms with Gasteiger partial charge in [0.2, 0.25) is 0 Å². The number of anilines is 5. The van der Waals surface area contributed by atoms with Crippen molar-refractivity contribution in [2.45, 2.75) is 19.8 Å². The number of hydrogen-bond donors (Lipinski definition) is 2. The molecule has 0 radical (unpaired) electrons. The monoisotopic (exact) mass is 370 g/mol. The number of aromatic nitrogens is 2. The van der Waals surface area contributed by atoms with E-state index in [4.69, 9.17) is 0 Å². The number of para-hydroxylation sites is 1. The fourth-order valence-corrected chi connectivity index (χ4v) is 3.40. The summed E-state index contributed by atoms with van der Waals surface area (Å²) in [6, 6.07) is 19.8. The van der Waals surface area contributed by atoms with Crippen LogP contribution in [-0.2, 0) is 0 Å². The van der Waals surface area contributed by atoms with Crippen molar-refractivity contribution in [1.29, 1.82) is 5.26 Å². The van der Waals surface area contributed by atoms with Gasteiger partial charge in [0.1, 0.15) is 23.5 Å². The lowest BCUT2D eigenvalue weighted by Crippen LogP contribution is -2.17. The van der Waals surface area contributed by atoms with Crippen molar-refractivity contribution in [2.24, 2.45) is 0 Å². The van der Waals surface area contributed by atoms with Crippen LogP contribution in [0.3, 0.4) is 0 Å². The van der Waals surface area contributed by atoms with E-state index in [2.05, 4.69) is 55.8 Å². The molecule has 2 aromatic carbocycles. The molecule has 0 bridgehead atoms. The molecule has 2 heterocycles. The van der Waals surface area contributed by atoms with Crippen LogP contribution >= 0.6 is 0 Å². The van der Waals surface area contributed by atoms with Crippen LogP contribution in [-0.4, -0.2) is 23.1 Å². The molecule has 28 heavy (non-hydrogen) atoms. The number of hydrogen-bond acceptors (Lipinski definition) is 6. The molecule has 6 nitrogen and oxygen atoms in total. The molecule has 1 saturated heterocycles. The van der Waals surface area contributed by atoms with Gasteiger partial charge in [-0.1, -0.05) is 12.1 Å². The van der Waals surface area contributed by atoms with Gasteiger partial charge in [-0.05, 0) is 56.2 Å². The van der Waals surface area contributed by atoms with E-state index in [9.17, 15) is 5.26 Å². The summed E-state index contributed by atoms with van der Waals surface area (Å²) < 4.78 is 0. The maximum absolute atomic E-state index is 9.26. The van der Waals surface area contributed by atoms with Crippen molar-refractivity contribution in [3.05, 3.63) is 66.0 Å². The Kier molecular flexibility index (Phi) is 5.07. The minimum Gasteiger partial charge on any atom is -0.372 e. The first kappa shape index (κ1) is 17.8. The van der Waals surface area contributed by atoms with E-state index in [1.807, 2.05) is 31.2 Å². The number of nitrogens with one attached hydrogen (secondary N) is 2. The third-order valence-corrected chi connectivity index (χ3v) is 4.76. The van der Waals surface area contributed by atoms with Crippen molar-refractivity contribution < 1.29 is 0 Å². The highest BCUT2D eigenvalue weighted by atomic mass is 15.1. The molecule has 0 spiro atoms. The smallest absolute Gasteiger partial charge is 0.136 e. The Balaban J connectivity index is 1.51. The number of nitriles is 1. The fourth-order valence-electron chi connectivity index (χ4n) is 3.40. The SMILES string of the molecule is Cc1nc(Nc2ccc(N3CCCC3)cc2)cc(Nc2ccccc2C#N)n1. The quantitative estimate of drug-likeness (QED) is 0.675. The van der Waals surface area contributed by atoms with Crippen LogP contribution in [0.5, 0.6) is 0 Å². The lowest BCUT2D eigenvalue weighted by atomic mass is 10.2. The second kappa shape index (κ2) is 7.97. The average molecular weight is 370 g/mol. The summed E-state index contributed by atoms with van der Waals surface area (Å²) in [4.78, 5) is 11.3. The van der Waals surface area contributed by atoms with Gasteiger partial charge in [0.05, 0.1) is 11.3 Å². The Morgan fingerprint density at radius 2 is 1.61 bits per heavy atom. The molecule has 140 valence electrons. The minimum absolute atomic E-state index is 0.575. The number of benzene rings is 2. The predicted molar refractivity (Wildman–Crippen MR) is 112 cm³/mol. The zero-order valence-corrected chi connectivity index (χ0v) is 15.8. The number of nitrogens with zero attached hydrogens (tertiary/aromatic N) is 4. The highest BCUT2D eigenvalue weighted by Crippen LogP contribution is 2.25. The highest BCUT2D eigenvalue weighted by Gasteiger charge is 2.12. The van der Waals surface area contributed by atoms with Gasteiger partial charge < -0.3 is 15.5 Å². The Labute approximate surface area is 164 Å². The van der Waals surface area contributed by atoms with Crippen LogP contribution in [0.1, 0.15) is 24.2 Å². The average Bonchev–Trinajstić information content (AvgIpc) is 3.23. The molecule has 0 saturated carbocycles. The lowest BCUT2D eigenvalue weighted by molar-refractivity contribution is 0.949. The van der Waals surface area contributed by atoms with Gasteiger partial charge in [-0.2, -0.15) is 5.26 Å². The topological polar surface area (TPSA) is 76.9 Å². The maximum atomic E-state index is 9.26. The van der Waals surface area contributed by atoms with E-state index in [1.54, 1.807) is 6.07 Å². The largest absolute Gasteiger partial charge is 0.372 e. The Morgan fingerprint density at radius 3 is 2.32 bits per heavy atom. The molecular formula is C22H22N6. The Hall–Kier alpha value is -3.59. The molecule has 1 aliphatic rings. The molecule has 1 aromatic heterocycles. The zero-order chi connectivity index (χ0) is 19.3. The Morgan fingerprint density at radius 1 is 0.929 bits per heavy atom. The molecule has 4 rings (SSSR count). The van der Waals surface area contributed by atoms with E-state index in [-0.39, 0.29) is 0 Å². The summed E-state index contributed by atoms with van der Waals surface area (Å²) in [5.74, 6) is 2.00. The molecule has 1 fully saturated rings. The first-order valence-electron chi connectivity index (χ1n) is 9.45. The molecular weight excluding hydrogens is 348 g/mol. The van der Waals surface area contributed by atoms with Crippen molar-refractivity contribution in [3.8, 4) is 6.07 Å². The first-order chi connectivity index (χ1) is 13.7. The molecule has 0 aliphatic carbocycles. The Bertz CT molecular complexity index is 1000. The van der Waals surface area contributed by atoms with Crippen molar-refractivity contribution >= 4 is 28.7 Å². The van der Waals surface area contributed by atoms with Gasteiger partial charge in [-0.3, -0.25) is 0 Å². The van der Waals surface area contributed by atoms with E-state index in [0.29, 0.717) is 23.0 Å². The number of rotatable bonds is 5. The standard InChI is InChI=1S/C22H22N6/c1-16-24-21(14-22(25-16)27-20-7-3-2-6-17(20)15-23)26-18-8-10-19(11-9-18)28-12-4-5-13-28/h2-3,6-11,14H,4-5,12-13H2,1H3,(H2,24,25,26,27). The normalized spacial score (nSPS) is 13.2. The van der Waals surface area contributed by atoms with E-state index in [1.165, 1.54) is 18.5 Å². The minimum atomic E-state index is 0.575. The second-order valence-corrected chi connectivity index (χ2v) is 6.83. The number of aryl methyl sites for hydroxylation is 1. The van der Waals surface area contributed by atoms with E-state index >= 15 is 0 Å². The summed E-state index contributed by atoms with van der Waals surface area (Å²) in [5, 5.41) is 15.8. The first-order valence-corrected chi connectivity index (χ1v) is 9.45. The maximum Gasteiger partial charge on any atom is 0.136 e. The lowest BCUT2D eigenvalue weighted by Gasteiger charge is -2.18. The molecule has 0 amide bonds. The summed E-state index contributed by atoms with van der Waals surface area (Å²) in [7, 11) is 0. The van der Waals surface area contributed by atoms with Gasteiger partial charge in [0, 0.05) is 30.5 Å². The molecule has 1 aliphatic heterocycles. The highest BCUT2D eigenvalue weighted by molar-refractivity contribution is 5.68. The molecule has 6 heteroatoms. The van der Waals surface area contributed by atoms with E-state index in [0.717, 1.165) is 24.5 Å². The van der Waals surface area contributed by atoms with Gasteiger partial charge in [-0.25, -0.2) is 9.97 Å². The van der Waals surface area contributed by atoms with Gasteiger partial charge in [-0.15, -0.1) is 0 Å².